The summed E-state index contributed by atoms with van der Waals surface area (Å²) in [5, 5.41) is 0. The van der Waals surface area contributed by atoms with Crippen LogP contribution in [0.4, 0.5) is 0 Å². The molecule has 60 valence electrons. The molecule has 0 bridgehead atoms. The molecule has 1 nitrogen and oxygen atoms in total. The minimum Gasteiger partial charge on any atom is -0.258 e. The van der Waals surface area contributed by atoms with Gasteiger partial charge in [0.05, 0.1) is 5.55 Å². The summed E-state index contributed by atoms with van der Waals surface area (Å²) in [6, 6.07) is 10.4. The zero-order valence-electron chi connectivity index (χ0n) is 6.60. The molecule has 12 heavy (non-hydrogen) atoms. The highest BCUT2D eigenvalue weighted by atomic mass is 32.2. The van der Waals surface area contributed by atoms with E-state index in [0.717, 1.165) is 5.75 Å². The fourth-order valence-electron chi connectivity index (χ4n) is 1.14. The molecule has 0 saturated heterocycles. The van der Waals surface area contributed by atoms with Crippen LogP contribution >= 0.6 is 11.8 Å². The molecule has 1 heterocycles. The maximum absolute atomic E-state index is 4.11. The lowest BCUT2D eigenvalue weighted by Crippen LogP contribution is -1.90. The molecule has 0 amide bonds. The summed E-state index contributed by atoms with van der Waals surface area (Å²) in [7, 11) is 0. The Labute approximate surface area is 76.2 Å². The van der Waals surface area contributed by atoms with E-state index in [2.05, 4.69) is 29.3 Å². The summed E-state index contributed by atoms with van der Waals surface area (Å²) in [5.41, 5.74) is 4.47. The summed E-state index contributed by atoms with van der Waals surface area (Å²) < 4.78 is 0. The van der Waals surface area contributed by atoms with Gasteiger partial charge < -0.3 is 0 Å². The Kier molecular flexibility index (Phi) is 2.28. The maximum Gasteiger partial charge on any atom is 0.0600 e. The molecule has 1 aliphatic rings. The molecule has 0 N–H and O–H groups in total. The molecule has 0 spiro atoms. The first-order valence-electron chi connectivity index (χ1n) is 3.84. The van der Waals surface area contributed by atoms with E-state index in [1.807, 2.05) is 17.8 Å². The standard InChI is InChI=1S/C10H9NS/c1-2-4-9(5-3-1)10-6-11-8-12-7-10/h1-6,8H,7H2. The van der Waals surface area contributed by atoms with Gasteiger partial charge in [0.25, 0.3) is 0 Å². The van der Waals surface area contributed by atoms with Gasteiger partial charge in [0.2, 0.25) is 0 Å². The summed E-state index contributed by atoms with van der Waals surface area (Å²) in [6.07, 6.45) is 1.94. The lowest BCUT2D eigenvalue weighted by atomic mass is 10.1. The lowest BCUT2D eigenvalue weighted by molar-refractivity contribution is 1.51. The summed E-state index contributed by atoms with van der Waals surface area (Å²) >= 11 is 1.74. The number of hydrogen-bond acceptors (Lipinski definition) is 2. The molecule has 2 heteroatoms. The minimum absolute atomic E-state index is 1.04. The van der Waals surface area contributed by atoms with E-state index in [1.165, 1.54) is 11.1 Å². The summed E-state index contributed by atoms with van der Waals surface area (Å²) in [6.45, 7) is 0. The second-order valence-corrected chi connectivity index (χ2v) is 3.42. The van der Waals surface area contributed by atoms with Crippen molar-refractivity contribution in [3.63, 3.8) is 0 Å². The van der Waals surface area contributed by atoms with Gasteiger partial charge in [0.1, 0.15) is 0 Å². The van der Waals surface area contributed by atoms with Gasteiger partial charge in [-0.1, -0.05) is 30.3 Å². The van der Waals surface area contributed by atoms with Crippen LogP contribution in [0.3, 0.4) is 0 Å². The average molecular weight is 175 g/mol. The Morgan fingerprint density at radius 3 is 2.67 bits per heavy atom. The van der Waals surface area contributed by atoms with Crippen molar-refractivity contribution >= 4 is 22.9 Å². The van der Waals surface area contributed by atoms with Crippen LogP contribution in [-0.2, 0) is 0 Å². The Morgan fingerprint density at radius 2 is 2.00 bits per heavy atom. The number of rotatable bonds is 1. The Balaban J connectivity index is 2.31. The van der Waals surface area contributed by atoms with Gasteiger partial charge in [0, 0.05) is 12.0 Å². The molecule has 0 fully saturated rings. The highest BCUT2D eigenvalue weighted by molar-refractivity contribution is 8.12. The fourth-order valence-corrected chi connectivity index (χ4v) is 1.78. The SMILES string of the molecule is C1=NC=C(c2ccccc2)CS1. The molecule has 1 aliphatic heterocycles. The van der Waals surface area contributed by atoms with Crippen LogP contribution in [0, 0.1) is 0 Å². The smallest absolute Gasteiger partial charge is 0.0600 e. The molecule has 2 rings (SSSR count). The van der Waals surface area contributed by atoms with E-state index >= 15 is 0 Å². The fraction of sp³-hybridized carbons (Fsp3) is 0.100. The number of aliphatic imine (C=N–C) groups is 1. The summed E-state index contributed by atoms with van der Waals surface area (Å²) in [5.74, 6) is 1.04. The minimum atomic E-state index is 1.04. The third kappa shape index (κ3) is 1.59. The van der Waals surface area contributed by atoms with Crippen molar-refractivity contribution < 1.29 is 0 Å². The van der Waals surface area contributed by atoms with Gasteiger partial charge in [-0.15, -0.1) is 11.8 Å². The molecular formula is C10H9NS. The molecular weight excluding hydrogens is 166 g/mol. The van der Waals surface area contributed by atoms with E-state index in [9.17, 15) is 0 Å². The van der Waals surface area contributed by atoms with Crippen LogP contribution in [0.1, 0.15) is 5.56 Å². The summed E-state index contributed by atoms with van der Waals surface area (Å²) in [4.78, 5) is 4.11. The van der Waals surface area contributed by atoms with Crippen molar-refractivity contribution in [2.24, 2.45) is 4.99 Å². The largest absolute Gasteiger partial charge is 0.258 e. The highest BCUT2D eigenvalue weighted by Gasteiger charge is 2.02. The van der Waals surface area contributed by atoms with Crippen molar-refractivity contribution in [3.8, 4) is 0 Å². The van der Waals surface area contributed by atoms with Gasteiger partial charge in [-0.2, -0.15) is 0 Å². The number of benzene rings is 1. The van der Waals surface area contributed by atoms with Crippen molar-refractivity contribution in [2.75, 3.05) is 5.75 Å². The molecule has 0 unspecified atom stereocenters. The second kappa shape index (κ2) is 3.59. The highest BCUT2D eigenvalue weighted by Crippen LogP contribution is 2.21. The van der Waals surface area contributed by atoms with Crippen LogP contribution in [0.2, 0.25) is 0 Å². The van der Waals surface area contributed by atoms with E-state index in [0.29, 0.717) is 0 Å². The van der Waals surface area contributed by atoms with Gasteiger partial charge in [-0.05, 0) is 11.1 Å². The first kappa shape index (κ1) is 7.62. The second-order valence-electron chi connectivity index (χ2n) is 2.59. The Morgan fingerprint density at radius 1 is 1.17 bits per heavy atom. The molecule has 0 aliphatic carbocycles. The predicted molar refractivity (Wildman–Crippen MR) is 55.4 cm³/mol. The quantitative estimate of drug-likeness (QED) is 0.639. The van der Waals surface area contributed by atoms with E-state index < -0.39 is 0 Å². The van der Waals surface area contributed by atoms with E-state index in [-0.39, 0.29) is 0 Å². The van der Waals surface area contributed by atoms with Gasteiger partial charge >= 0.3 is 0 Å². The van der Waals surface area contributed by atoms with Crippen LogP contribution in [0.25, 0.3) is 5.57 Å². The zero-order chi connectivity index (χ0) is 8.23. The molecule has 0 atom stereocenters. The first-order valence-corrected chi connectivity index (χ1v) is 4.89. The van der Waals surface area contributed by atoms with Crippen molar-refractivity contribution in [1.82, 2.24) is 0 Å². The number of thioether (sulfide) groups is 1. The van der Waals surface area contributed by atoms with E-state index in [4.69, 9.17) is 0 Å². The van der Waals surface area contributed by atoms with Crippen LogP contribution < -0.4 is 0 Å². The average Bonchev–Trinajstić information content (AvgIpc) is 2.21. The van der Waals surface area contributed by atoms with Crippen molar-refractivity contribution in [3.05, 3.63) is 42.1 Å². The van der Waals surface area contributed by atoms with Gasteiger partial charge in [-0.25, -0.2) is 0 Å². The van der Waals surface area contributed by atoms with Crippen LogP contribution in [-0.4, -0.2) is 11.3 Å². The molecule has 0 saturated carbocycles. The zero-order valence-corrected chi connectivity index (χ0v) is 7.42. The lowest BCUT2D eigenvalue weighted by Gasteiger charge is -2.06. The van der Waals surface area contributed by atoms with Crippen LogP contribution in [0.15, 0.2) is 41.5 Å². The Hall–Kier alpha value is -1.02. The number of nitrogens with zero attached hydrogens (tertiary/aromatic N) is 1. The third-order valence-corrected chi connectivity index (χ3v) is 2.50. The normalized spacial score (nSPS) is 15.8. The topological polar surface area (TPSA) is 12.4 Å². The molecule has 0 aromatic heterocycles. The van der Waals surface area contributed by atoms with Crippen molar-refractivity contribution in [2.45, 2.75) is 0 Å². The Bertz CT molecular complexity index is 314. The van der Waals surface area contributed by atoms with Crippen LogP contribution in [0.5, 0.6) is 0 Å². The van der Waals surface area contributed by atoms with Gasteiger partial charge in [-0.3, -0.25) is 4.99 Å². The predicted octanol–water partition coefficient (Wildman–Crippen LogP) is 2.80. The molecule has 1 aromatic carbocycles. The first-order chi connectivity index (χ1) is 5.97. The maximum atomic E-state index is 4.11. The number of hydrogen-bond donors (Lipinski definition) is 0. The third-order valence-electron chi connectivity index (χ3n) is 1.75. The molecule has 1 aromatic rings. The van der Waals surface area contributed by atoms with Gasteiger partial charge in [0.15, 0.2) is 0 Å². The van der Waals surface area contributed by atoms with E-state index in [1.54, 1.807) is 11.8 Å². The van der Waals surface area contributed by atoms with Crippen molar-refractivity contribution in [1.29, 1.82) is 0 Å². The monoisotopic (exact) mass is 175 g/mol. The molecule has 0 radical (unpaired) electrons.